The molecule has 0 spiro atoms. The molecule has 4 rings (SSSR count). The first-order valence-electron chi connectivity index (χ1n) is 11.2. The zero-order valence-electron chi connectivity index (χ0n) is 18.9. The Morgan fingerprint density at radius 2 is 2.00 bits per heavy atom. The number of fused-ring (bicyclic) bond motifs is 1. The number of hydrogen-bond donors (Lipinski definition) is 1. The number of likely N-dealkylation sites (N-methyl/N-ethyl adjacent to an activating group) is 1. The average Bonchev–Trinajstić information content (AvgIpc) is 2.99. The fraction of sp³-hybridized carbons (Fsp3) is 0.400. The summed E-state index contributed by atoms with van der Waals surface area (Å²) in [5, 5.41) is 12.4. The number of carbonyl (C=O) groups excluding carboxylic acids is 1. The van der Waals surface area contributed by atoms with Crippen molar-refractivity contribution in [1.82, 2.24) is 14.8 Å². The summed E-state index contributed by atoms with van der Waals surface area (Å²) < 4.78 is 12.4. The molecule has 0 bridgehead atoms. The zero-order chi connectivity index (χ0) is 23.4. The van der Waals surface area contributed by atoms with Gasteiger partial charge in [0.2, 0.25) is 0 Å². The number of nitrogens with zero attached hydrogens (tertiary/aromatic N) is 3. The average molecular weight is 449 g/mol. The lowest BCUT2D eigenvalue weighted by Gasteiger charge is -2.22. The number of nitriles is 1. The van der Waals surface area contributed by atoms with Crippen LogP contribution in [0.4, 0.5) is 0 Å². The van der Waals surface area contributed by atoms with E-state index >= 15 is 0 Å². The van der Waals surface area contributed by atoms with Gasteiger partial charge in [-0.3, -0.25) is 9.36 Å². The first kappa shape index (κ1) is 22.8. The number of nitrogens with one attached hydrogen (secondary N) is 1. The first-order valence-corrected chi connectivity index (χ1v) is 11.2. The molecule has 2 heterocycles. The number of aromatic nitrogens is 1. The van der Waals surface area contributed by atoms with E-state index in [1.165, 1.54) is 4.57 Å². The van der Waals surface area contributed by atoms with E-state index in [2.05, 4.69) is 23.2 Å². The van der Waals surface area contributed by atoms with Crippen LogP contribution >= 0.6 is 0 Å². The third-order valence-corrected chi connectivity index (χ3v) is 6.09. The van der Waals surface area contributed by atoms with E-state index in [1.54, 1.807) is 13.1 Å². The molecule has 3 aromatic rings. The number of ether oxygens (including phenoxy) is 1. The Morgan fingerprint density at radius 3 is 2.73 bits per heavy atom. The van der Waals surface area contributed by atoms with Crippen molar-refractivity contribution in [3.63, 3.8) is 0 Å². The van der Waals surface area contributed by atoms with Crippen LogP contribution in [0.2, 0.25) is 0 Å². The van der Waals surface area contributed by atoms with Crippen LogP contribution in [0.1, 0.15) is 18.9 Å². The third kappa shape index (κ3) is 5.16. The maximum atomic E-state index is 12.7. The van der Waals surface area contributed by atoms with Crippen LogP contribution in [0.25, 0.3) is 22.2 Å². The van der Waals surface area contributed by atoms with Crippen LogP contribution in [-0.4, -0.2) is 53.8 Å². The predicted octanol–water partition coefficient (Wildman–Crippen LogP) is 2.46. The van der Waals surface area contributed by atoms with Gasteiger partial charge in [-0.15, -0.1) is 0 Å². The molecule has 1 aliphatic heterocycles. The molecule has 1 amide bonds. The van der Waals surface area contributed by atoms with Gasteiger partial charge < -0.3 is 19.4 Å². The SMILES string of the molecule is CCN1CCCO[C@H](C(=O)N[C@H](C#N)Cc2ccc(-c3ccc4oc(=O)n(C)c4c3)cc2)C1. The molecule has 33 heavy (non-hydrogen) atoms. The van der Waals surface area contributed by atoms with Crippen LogP contribution < -0.4 is 11.1 Å². The molecule has 0 unspecified atom stereocenters. The molecule has 1 aromatic heterocycles. The van der Waals surface area contributed by atoms with Crippen molar-refractivity contribution in [3.05, 3.63) is 58.6 Å². The van der Waals surface area contributed by atoms with Gasteiger partial charge in [0.1, 0.15) is 12.1 Å². The largest absolute Gasteiger partial charge is 0.419 e. The Kier molecular flexibility index (Phi) is 6.92. The summed E-state index contributed by atoms with van der Waals surface area (Å²) in [6.07, 6.45) is 0.747. The Labute approximate surface area is 192 Å². The summed E-state index contributed by atoms with van der Waals surface area (Å²) in [6, 6.07) is 15.0. The molecule has 1 fully saturated rings. The minimum Gasteiger partial charge on any atom is -0.408 e. The van der Waals surface area contributed by atoms with E-state index in [4.69, 9.17) is 9.15 Å². The van der Waals surface area contributed by atoms with Crippen LogP contribution in [-0.2, 0) is 23.0 Å². The van der Waals surface area contributed by atoms with Gasteiger partial charge in [-0.2, -0.15) is 5.26 Å². The van der Waals surface area contributed by atoms with Gasteiger partial charge in [0.05, 0.1) is 11.6 Å². The quantitative estimate of drug-likeness (QED) is 0.622. The Bertz CT molecular complexity index is 1220. The molecule has 0 saturated carbocycles. The van der Waals surface area contributed by atoms with Gasteiger partial charge in [0.25, 0.3) is 5.91 Å². The molecular weight excluding hydrogens is 420 g/mol. The van der Waals surface area contributed by atoms with Crippen molar-refractivity contribution < 1.29 is 13.9 Å². The lowest BCUT2D eigenvalue weighted by molar-refractivity contribution is -0.133. The van der Waals surface area contributed by atoms with Crippen LogP contribution in [0.15, 0.2) is 51.7 Å². The van der Waals surface area contributed by atoms with Crippen molar-refractivity contribution in [2.24, 2.45) is 7.05 Å². The summed E-state index contributed by atoms with van der Waals surface area (Å²) in [5.41, 5.74) is 4.17. The Balaban J connectivity index is 1.42. The van der Waals surface area contributed by atoms with Gasteiger partial charge >= 0.3 is 5.76 Å². The number of rotatable bonds is 6. The fourth-order valence-electron chi connectivity index (χ4n) is 4.11. The number of benzene rings is 2. The maximum Gasteiger partial charge on any atom is 0.419 e. The minimum absolute atomic E-state index is 0.238. The second kappa shape index (κ2) is 10.0. The van der Waals surface area contributed by atoms with Crippen molar-refractivity contribution in [1.29, 1.82) is 5.26 Å². The normalized spacial score (nSPS) is 17.9. The van der Waals surface area contributed by atoms with Crippen LogP contribution in [0.5, 0.6) is 0 Å². The van der Waals surface area contributed by atoms with Crippen molar-refractivity contribution >= 4 is 17.0 Å². The minimum atomic E-state index is -0.637. The third-order valence-electron chi connectivity index (χ3n) is 6.09. The topological polar surface area (TPSA) is 100 Å². The molecule has 8 nitrogen and oxygen atoms in total. The maximum absolute atomic E-state index is 12.7. The van der Waals surface area contributed by atoms with Gasteiger partial charge in [-0.1, -0.05) is 37.3 Å². The van der Waals surface area contributed by atoms with E-state index in [1.807, 2.05) is 36.4 Å². The highest BCUT2D eigenvalue weighted by Crippen LogP contribution is 2.24. The fourth-order valence-corrected chi connectivity index (χ4v) is 4.11. The molecular formula is C25H28N4O4. The molecule has 1 saturated heterocycles. The molecule has 2 aromatic carbocycles. The summed E-state index contributed by atoms with van der Waals surface area (Å²) in [4.78, 5) is 26.6. The van der Waals surface area contributed by atoms with Crippen molar-refractivity contribution in [3.8, 4) is 17.2 Å². The van der Waals surface area contributed by atoms with Crippen molar-refractivity contribution in [2.75, 3.05) is 26.2 Å². The summed E-state index contributed by atoms with van der Waals surface area (Å²) >= 11 is 0. The smallest absolute Gasteiger partial charge is 0.408 e. The molecule has 8 heteroatoms. The highest BCUT2D eigenvalue weighted by molar-refractivity contribution is 5.82. The van der Waals surface area contributed by atoms with E-state index in [0.29, 0.717) is 25.2 Å². The first-order chi connectivity index (χ1) is 16.0. The monoisotopic (exact) mass is 448 g/mol. The number of hydrogen-bond acceptors (Lipinski definition) is 6. The van der Waals surface area contributed by atoms with E-state index in [-0.39, 0.29) is 5.91 Å². The summed E-state index contributed by atoms with van der Waals surface area (Å²) in [7, 11) is 1.68. The number of carbonyl (C=O) groups is 1. The highest BCUT2D eigenvalue weighted by Gasteiger charge is 2.26. The zero-order valence-corrected chi connectivity index (χ0v) is 18.9. The second-order valence-electron chi connectivity index (χ2n) is 8.31. The molecule has 0 aliphatic carbocycles. The number of amides is 1. The molecule has 2 atom stereocenters. The molecule has 172 valence electrons. The molecule has 0 radical (unpaired) electrons. The standard InChI is InChI=1S/C25H28N4O4/c1-3-29-11-4-12-32-23(16-29)24(30)27-20(15-26)13-17-5-7-18(8-6-17)19-9-10-22-21(14-19)28(2)25(31)33-22/h5-10,14,20,23H,3-4,11-13,16H2,1-2H3,(H,27,30)/t20-,23-/m0/s1. The van der Waals surface area contributed by atoms with E-state index < -0.39 is 17.9 Å². The Morgan fingerprint density at radius 1 is 1.24 bits per heavy atom. The van der Waals surface area contributed by atoms with Crippen LogP contribution in [0, 0.1) is 11.3 Å². The van der Waals surface area contributed by atoms with E-state index in [9.17, 15) is 14.9 Å². The van der Waals surface area contributed by atoms with Crippen LogP contribution in [0.3, 0.4) is 0 Å². The predicted molar refractivity (Wildman–Crippen MR) is 125 cm³/mol. The Hall–Kier alpha value is -3.41. The summed E-state index contributed by atoms with van der Waals surface area (Å²) in [6.45, 7) is 4.94. The number of aryl methyl sites for hydroxylation is 1. The highest BCUT2D eigenvalue weighted by atomic mass is 16.5. The lowest BCUT2D eigenvalue weighted by Crippen LogP contribution is -2.46. The van der Waals surface area contributed by atoms with Gasteiger partial charge in [-0.25, -0.2) is 4.79 Å². The lowest BCUT2D eigenvalue weighted by atomic mass is 10.0. The molecule has 1 N–H and O–H groups in total. The van der Waals surface area contributed by atoms with Crippen molar-refractivity contribution in [2.45, 2.75) is 31.9 Å². The number of oxazole rings is 1. The van der Waals surface area contributed by atoms with Gasteiger partial charge in [0.15, 0.2) is 5.58 Å². The van der Waals surface area contributed by atoms with E-state index in [0.717, 1.165) is 41.7 Å². The molecule has 1 aliphatic rings. The van der Waals surface area contributed by atoms with Gasteiger partial charge in [0, 0.05) is 33.2 Å². The van der Waals surface area contributed by atoms with Gasteiger partial charge in [-0.05, 0) is 41.8 Å². The second-order valence-corrected chi connectivity index (χ2v) is 8.31. The summed E-state index contributed by atoms with van der Waals surface area (Å²) in [5.74, 6) is -0.628.